The molecule has 0 amide bonds. The number of anilines is 1. The Bertz CT molecular complexity index is 280. The van der Waals surface area contributed by atoms with E-state index in [0.29, 0.717) is 13.2 Å². The number of nitrogens with two attached hydrogens (primary N) is 1. The minimum atomic E-state index is 0.680. The van der Waals surface area contributed by atoms with Crippen molar-refractivity contribution in [2.75, 3.05) is 32.1 Å². The Labute approximate surface area is 90.1 Å². The molecule has 1 rings (SSSR count). The summed E-state index contributed by atoms with van der Waals surface area (Å²) in [6, 6.07) is 1.94. The molecule has 0 radical (unpaired) electrons. The summed E-state index contributed by atoms with van der Waals surface area (Å²) in [5, 5.41) is 3.19. The normalized spacial score (nSPS) is 10.3. The van der Waals surface area contributed by atoms with Crippen molar-refractivity contribution in [3.05, 3.63) is 18.1 Å². The van der Waals surface area contributed by atoms with Crippen molar-refractivity contribution in [1.82, 2.24) is 9.97 Å². The number of hydrogen-bond acceptors (Lipinski definition) is 5. The van der Waals surface area contributed by atoms with Gasteiger partial charge in [-0.15, -0.1) is 0 Å². The van der Waals surface area contributed by atoms with Gasteiger partial charge in [-0.25, -0.2) is 9.97 Å². The molecule has 0 saturated carbocycles. The molecule has 1 heterocycles. The van der Waals surface area contributed by atoms with Crippen molar-refractivity contribution in [3.63, 3.8) is 0 Å². The van der Waals surface area contributed by atoms with E-state index in [9.17, 15) is 0 Å². The number of nitrogens with zero attached hydrogens (tertiary/aromatic N) is 2. The summed E-state index contributed by atoms with van der Waals surface area (Å²) in [6.45, 7) is 2.21. The van der Waals surface area contributed by atoms with Gasteiger partial charge in [0.05, 0.1) is 6.61 Å². The minimum absolute atomic E-state index is 0.680. The highest BCUT2D eigenvalue weighted by Gasteiger charge is 1.97. The zero-order chi connectivity index (χ0) is 10.9. The molecule has 0 aliphatic carbocycles. The van der Waals surface area contributed by atoms with E-state index in [1.807, 2.05) is 6.07 Å². The van der Waals surface area contributed by atoms with E-state index in [2.05, 4.69) is 15.3 Å². The van der Waals surface area contributed by atoms with Crippen LogP contribution in [0.1, 0.15) is 12.1 Å². The number of hydrogen-bond donors (Lipinski definition) is 2. The molecule has 84 valence electrons. The van der Waals surface area contributed by atoms with Gasteiger partial charge in [-0.3, -0.25) is 0 Å². The zero-order valence-electron chi connectivity index (χ0n) is 9.07. The lowest BCUT2D eigenvalue weighted by Crippen LogP contribution is -2.10. The molecule has 1 aromatic heterocycles. The Hall–Kier alpha value is -1.20. The molecule has 5 heteroatoms. The third-order valence-corrected chi connectivity index (χ3v) is 1.97. The molecule has 3 N–H and O–H groups in total. The van der Waals surface area contributed by atoms with Crippen molar-refractivity contribution >= 4 is 5.82 Å². The molecule has 0 aliphatic rings. The standard InChI is InChI=1S/C10H18N4O/c1-15-6-3-9-7-10(14-8-13-9)12-5-2-4-11/h7-8H,2-6,11H2,1H3,(H,12,13,14). The molecule has 1 aromatic rings. The first-order chi connectivity index (χ1) is 7.36. The summed E-state index contributed by atoms with van der Waals surface area (Å²) in [4.78, 5) is 8.26. The quantitative estimate of drug-likeness (QED) is 0.638. The van der Waals surface area contributed by atoms with Crippen LogP contribution in [0.4, 0.5) is 5.82 Å². The Morgan fingerprint density at radius 3 is 3.07 bits per heavy atom. The Morgan fingerprint density at radius 1 is 1.47 bits per heavy atom. The first-order valence-electron chi connectivity index (χ1n) is 5.10. The van der Waals surface area contributed by atoms with E-state index in [4.69, 9.17) is 10.5 Å². The molecule has 0 atom stereocenters. The van der Waals surface area contributed by atoms with Gasteiger partial charge in [0.25, 0.3) is 0 Å². The van der Waals surface area contributed by atoms with Crippen LogP contribution in [0, 0.1) is 0 Å². The van der Waals surface area contributed by atoms with Gasteiger partial charge < -0.3 is 15.8 Å². The second-order valence-corrected chi connectivity index (χ2v) is 3.21. The molecule has 0 aliphatic heterocycles. The zero-order valence-corrected chi connectivity index (χ0v) is 9.07. The SMILES string of the molecule is COCCc1cc(NCCCN)ncn1. The maximum Gasteiger partial charge on any atom is 0.129 e. The summed E-state index contributed by atoms with van der Waals surface area (Å²) in [5.74, 6) is 0.851. The summed E-state index contributed by atoms with van der Waals surface area (Å²) >= 11 is 0. The molecule has 15 heavy (non-hydrogen) atoms. The fourth-order valence-corrected chi connectivity index (χ4v) is 1.16. The number of methoxy groups -OCH3 is 1. The molecule has 0 aromatic carbocycles. The summed E-state index contributed by atoms with van der Waals surface area (Å²) in [5.41, 5.74) is 6.39. The van der Waals surface area contributed by atoms with E-state index in [1.165, 1.54) is 0 Å². The molecule has 5 nitrogen and oxygen atoms in total. The molecular weight excluding hydrogens is 192 g/mol. The Balaban J connectivity index is 2.42. The number of nitrogens with one attached hydrogen (secondary N) is 1. The largest absolute Gasteiger partial charge is 0.384 e. The molecular formula is C10H18N4O. The minimum Gasteiger partial charge on any atom is -0.384 e. The highest BCUT2D eigenvalue weighted by molar-refractivity contribution is 5.34. The maximum atomic E-state index is 5.40. The fourth-order valence-electron chi connectivity index (χ4n) is 1.16. The van der Waals surface area contributed by atoms with Crippen LogP contribution in [0.15, 0.2) is 12.4 Å². The Kier molecular flexibility index (Phi) is 5.65. The lowest BCUT2D eigenvalue weighted by Gasteiger charge is -2.05. The van der Waals surface area contributed by atoms with Gasteiger partial charge >= 0.3 is 0 Å². The second kappa shape index (κ2) is 7.14. The molecule has 0 spiro atoms. The number of rotatable bonds is 7. The second-order valence-electron chi connectivity index (χ2n) is 3.21. The van der Waals surface area contributed by atoms with Crippen LogP contribution in [-0.4, -0.2) is 36.8 Å². The lowest BCUT2D eigenvalue weighted by molar-refractivity contribution is 0.201. The van der Waals surface area contributed by atoms with Gasteiger partial charge in [0, 0.05) is 31.8 Å². The van der Waals surface area contributed by atoms with Crippen LogP contribution in [-0.2, 0) is 11.2 Å². The molecule has 0 fully saturated rings. The highest BCUT2D eigenvalue weighted by Crippen LogP contribution is 2.04. The molecule has 0 saturated heterocycles. The summed E-state index contributed by atoms with van der Waals surface area (Å²) < 4.78 is 4.99. The number of ether oxygens (including phenoxy) is 1. The molecule has 0 unspecified atom stereocenters. The average molecular weight is 210 g/mol. The third-order valence-electron chi connectivity index (χ3n) is 1.97. The van der Waals surface area contributed by atoms with Gasteiger partial charge in [-0.05, 0) is 13.0 Å². The predicted molar refractivity (Wildman–Crippen MR) is 59.8 cm³/mol. The van der Waals surface area contributed by atoms with Crippen molar-refractivity contribution in [2.45, 2.75) is 12.8 Å². The highest BCUT2D eigenvalue weighted by atomic mass is 16.5. The van der Waals surface area contributed by atoms with Crippen LogP contribution < -0.4 is 11.1 Å². The van der Waals surface area contributed by atoms with Gasteiger partial charge in [0.2, 0.25) is 0 Å². The van der Waals surface area contributed by atoms with Crippen molar-refractivity contribution in [1.29, 1.82) is 0 Å². The summed E-state index contributed by atoms with van der Waals surface area (Å²) in [6.07, 6.45) is 3.32. The smallest absolute Gasteiger partial charge is 0.129 e. The van der Waals surface area contributed by atoms with Crippen LogP contribution in [0.25, 0.3) is 0 Å². The predicted octanol–water partition coefficient (Wildman–Crippen LogP) is 0.426. The fraction of sp³-hybridized carbons (Fsp3) is 0.600. The van der Waals surface area contributed by atoms with Gasteiger partial charge in [-0.2, -0.15) is 0 Å². The van der Waals surface area contributed by atoms with Crippen LogP contribution in [0.5, 0.6) is 0 Å². The molecule has 0 bridgehead atoms. The van der Waals surface area contributed by atoms with Gasteiger partial charge in [-0.1, -0.05) is 0 Å². The van der Waals surface area contributed by atoms with E-state index >= 15 is 0 Å². The first-order valence-corrected chi connectivity index (χ1v) is 5.10. The van der Waals surface area contributed by atoms with E-state index in [1.54, 1.807) is 13.4 Å². The van der Waals surface area contributed by atoms with Crippen molar-refractivity contribution in [3.8, 4) is 0 Å². The van der Waals surface area contributed by atoms with Crippen LogP contribution in [0.3, 0.4) is 0 Å². The number of aromatic nitrogens is 2. The van der Waals surface area contributed by atoms with Crippen LogP contribution in [0.2, 0.25) is 0 Å². The topological polar surface area (TPSA) is 73.1 Å². The van der Waals surface area contributed by atoms with Gasteiger partial charge in [0.1, 0.15) is 12.1 Å². The average Bonchev–Trinajstić information content (AvgIpc) is 2.27. The Morgan fingerprint density at radius 2 is 2.33 bits per heavy atom. The van der Waals surface area contributed by atoms with Crippen molar-refractivity contribution in [2.24, 2.45) is 5.73 Å². The van der Waals surface area contributed by atoms with E-state index < -0.39 is 0 Å². The van der Waals surface area contributed by atoms with E-state index in [0.717, 1.165) is 30.9 Å². The van der Waals surface area contributed by atoms with Gasteiger partial charge in [0.15, 0.2) is 0 Å². The third kappa shape index (κ3) is 4.71. The van der Waals surface area contributed by atoms with Crippen LogP contribution >= 0.6 is 0 Å². The lowest BCUT2D eigenvalue weighted by atomic mass is 10.3. The first kappa shape index (κ1) is 11.9. The monoisotopic (exact) mass is 210 g/mol. The maximum absolute atomic E-state index is 5.40. The van der Waals surface area contributed by atoms with Crippen molar-refractivity contribution < 1.29 is 4.74 Å². The summed E-state index contributed by atoms with van der Waals surface area (Å²) in [7, 11) is 1.68. The van der Waals surface area contributed by atoms with E-state index in [-0.39, 0.29) is 0 Å².